The predicted octanol–water partition coefficient (Wildman–Crippen LogP) is 1.26. The van der Waals surface area contributed by atoms with Crippen molar-refractivity contribution in [2.45, 2.75) is 38.3 Å². The summed E-state index contributed by atoms with van der Waals surface area (Å²) in [6, 6.07) is 0.448. The number of hydrogen-bond donors (Lipinski definition) is 1. The summed E-state index contributed by atoms with van der Waals surface area (Å²) in [4.78, 5) is 11.2. The van der Waals surface area contributed by atoms with E-state index in [2.05, 4.69) is 10.1 Å². The van der Waals surface area contributed by atoms with E-state index in [0.29, 0.717) is 24.3 Å². The molecule has 2 fully saturated rings. The van der Waals surface area contributed by atoms with Crippen LogP contribution in [0.2, 0.25) is 0 Å². The summed E-state index contributed by atoms with van der Waals surface area (Å²) in [6.45, 7) is 3.34. The first-order valence-electron chi connectivity index (χ1n) is 6.32. The van der Waals surface area contributed by atoms with Gasteiger partial charge in [0.1, 0.15) is 0 Å². The van der Waals surface area contributed by atoms with Gasteiger partial charge in [0.05, 0.1) is 13.2 Å². The van der Waals surface area contributed by atoms with Crippen LogP contribution < -0.4 is 5.32 Å². The van der Waals surface area contributed by atoms with E-state index < -0.39 is 0 Å². The van der Waals surface area contributed by atoms with Crippen LogP contribution in [0.3, 0.4) is 0 Å². The van der Waals surface area contributed by atoms with Gasteiger partial charge >= 0.3 is 5.97 Å². The van der Waals surface area contributed by atoms with Crippen molar-refractivity contribution >= 4 is 5.97 Å². The van der Waals surface area contributed by atoms with Gasteiger partial charge in [-0.2, -0.15) is 0 Å². The number of esters is 1. The fourth-order valence-electron chi connectivity index (χ4n) is 2.33. The molecule has 4 nitrogen and oxygen atoms in total. The van der Waals surface area contributed by atoms with Gasteiger partial charge in [-0.1, -0.05) is 6.08 Å². The molecule has 1 saturated heterocycles. The van der Waals surface area contributed by atoms with Crippen LogP contribution in [0.15, 0.2) is 11.6 Å². The van der Waals surface area contributed by atoms with Crippen LogP contribution in [-0.4, -0.2) is 38.4 Å². The van der Waals surface area contributed by atoms with Crippen LogP contribution in [0.1, 0.15) is 26.2 Å². The Kier molecular flexibility index (Phi) is 4.18. The Hall–Kier alpha value is -0.870. The second kappa shape index (κ2) is 5.65. The maximum atomic E-state index is 11.2. The van der Waals surface area contributed by atoms with Crippen molar-refractivity contribution in [1.82, 2.24) is 5.32 Å². The quantitative estimate of drug-likeness (QED) is 0.579. The molecule has 1 aliphatic heterocycles. The molecule has 1 N–H and O–H groups in total. The molecule has 0 aromatic rings. The van der Waals surface area contributed by atoms with Crippen molar-refractivity contribution in [1.29, 1.82) is 0 Å². The van der Waals surface area contributed by atoms with Gasteiger partial charge in [-0.25, -0.2) is 4.79 Å². The van der Waals surface area contributed by atoms with Crippen molar-refractivity contribution in [3.63, 3.8) is 0 Å². The van der Waals surface area contributed by atoms with E-state index in [1.54, 1.807) is 6.92 Å². The third-order valence-corrected chi connectivity index (χ3v) is 3.52. The smallest absolute Gasteiger partial charge is 0.333 e. The summed E-state index contributed by atoms with van der Waals surface area (Å²) in [5, 5.41) is 3.45. The minimum Gasteiger partial charge on any atom is -0.466 e. The normalized spacial score (nSPS) is 29.4. The second-order valence-electron chi connectivity index (χ2n) is 4.85. The molecule has 0 amide bonds. The fourth-order valence-corrected chi connectivity index (χ4v) is 2.33. The van der Waals surface area contributed by atoms with Crippen LogP contribution in [-0.2, 0) is 14.3 Å². The molecule has 0 radical (unpaired) electrons. The average molecular weight is 239 g/mol. The van der Waals surface area contributed by atoms with Crippen molar-refractivity contribution < 1.29 is 14.3 Å². The van der Waals surface area contributed by atoms with Crippen molar-refractivity contribution in [2.24, 2.45) is 5.92 Å². The van der Waals surface area contributed by atoms with E-state index in [9.17, 15) is 4.79 Å². The first-order valence-corrected chi connectivity index (χ1v) is 6.32. The molecular weight excluding hydrogens is 218 g/mol. The number of rotatable bonds is 5. The lowest BCUT2D eigenvalue weighted by Gasteiger charge is -2.18. The molecule has 96 valence electrons. The summed E-state index contributed by atoms with van der Waals surface area (Å²) in [5.41, 5.74) is 0.655. The number of carbonyl (C=O) groups excluding carboxylic acids is 1. The Morgan fingerprint density at radius 2 is 2.24 bits per heavy atom. The minimum atomic E-state index is -0.256. The lowest BCUT2D eigenvalue weighted by Crippen LogP contribution is -2.37. The molecule has 0 spiro atoms. The molecule has 4 heteroatoms. The predicted molar refractivity (Wildman–Crippen MR) is 64.6 cm³/mol. The molecular formula is C13H21NO3. The highest BCUT2D eigenvalue weighted by Gasteiger charge is 2.40. The Labute approximate surface area is 102 Å². The van der Waals surface area contributed by atoms with Crippen LogP contribution in [0.4, 0.5) is 0 Å². The summed E-state index contributed by atoms with van der Waals surface area (Å²) in [5.74, 6) is 0.508. The summed E-state index contributed by atoms with van der Waals surface area (Å²) < 4.78 is 10.4. The van der Waals surface area contributed by atoms with Crippen LogP contribution >= 0.6 is 0 Å². The number of hydrogen-bond acceptors (Lipinski definition) is 4. The SMILES string of the molecule is COC(=O)C(C)=CCNC1CCOC1C1CC1. The zero-order chi connectivity index (χ0) is 12.3. The van der Waals surface area contributed by atoms with Gasteiger partial charge in [-0.3, -0.25) is 0 Å². The van der Waals surface area contributed by atoms with Crippen molar-refractivity contribution in [2.75, 3.05) is 20.3 Å². The molecule has 17 heavy (non-hydrogen) atoms. The zero-order valence-electron chi connectivity index (χ0n) is 10.6. The molecule has 0 bridgehead atoms. The highest BCUT2D eigenvalue weighted by molar-refractivity contribution is 5.87. The largest absolute Gasteiger partial charge is 0.466 e. The number of nitrogens with one attached hydrogen (secondary N) is 1. The van der Waals surface area contributed by atoms with E-state index >= 15 is 0 Å². The standard InChI is InChI=1S/C13H21NO3/c1-9(13(15)16-2)5-7-14-11-6-8-17-12(11)10-3-4-10/h5,10-12,14H,3-4,6-8H2,1-2H3. The highest BCUT2D eigenvalue weighted by Crippen LogP contribution is 2.38. The first kappa shape index (κ1) is 12.6. The lowest BCUT2D eigenvalue weighted by molar-refractivity contribution is -0.136. The Morgan fingerprint density at radius 3 is 2.88 bits per heavy atom. The van der Waals surface area contributed by atoms with E-state index in [4.69, 9.17) is 4.74 Å². The molecule has 1 heterocycles. The molecule has 0 aromatic heterocycles. The van der Waals surface area contributed by atoms with E-state index in [-0.39, 0.29) is 5.97 Å². The average Bonchev–Trinajstić information content (AvgIpc) is 3.08. The van der Waals surface area contributed by atoms with Gasteiger partial charge in [0.15, 0.2) is 0 Å². The van der Waals surface area contributed by atoms with Gasteiger partial charge in [0.25, 0.3) is 0 Å². The Balaban J connectivity index is 1.75. The van der Waals surface area contributed by atoms with Gasteiger partial charge in [-0.05, 0) is 32.1 Å². The summed E-state index contributed by atoms with van der Waals surface area (Å²) in [6.07, 6.45) is 5.96. The van der Waals surface area contributed by atoms with Gasteiger partial charge < -0.3 is 14.8 Å². The molecule has 2 aliphatic rings. The van der Waals surface area contributed by atoms with Gasteiger partial charge in [0, 0.05) is 24.8 Å². The Bertz CT molecular complexity index is 310. The van der Waals surface area contributed by atoms with Crippen molar-refractivity contribution in [3.05, 3.63) is 11.6 Å². The molecule has 0 aromatic carbocycles. The maximum Gasteiger partial charge on any atom is 0.333 e. The fraction of sp³-hybridized carbons (Fsp3) is 0.769. The monoisotopic (exact) mass is 239 g/mol. The van der Waals surface area contributed by atoms with Gasteiger partial charge in [0.2, 0.25) is 0 Å². The highest BCUT2D eigenvalue weighted by atomic mass is 16.5. The Morgan fingerprint density at radius 1 is 1.47 bits per heavy atom. The van der Waals surface area contributed by atoms with Crippen LogP contribution in [0.25, 0.3) is 0 Å². The van der Waals surface area contributed by atoms with Crippen LogP contribution in [0, 0.1) is 5.92 Å². The topological polar surface area (TPSA) is 47.6 Å². The van der Waals surface area contributed by atoms with Gasteiger partial charge in [-0.15, -0.1) is 0 Å². The molecule has 1 saturated carbocycles. The molecule has 2 unspecified atom stereocenters. The third kappa shape index (κ3) is 3.30. The van der Waals surface area contributed by atoms with Crippen LogP contribution in [0.5, 0.6) is 0 Å². The first-order chi connectivity index (χ1) is 8.22. The van der Waals surface area contributed by atoms with E-state index in [1.807, 2.05) is 6.08 Å². The molecule has 1 aliphatic carbocycles. The molecule has 2 rings (SSSR count). The second-order valence-corrected chi connectivity index (χ2v) is 4.85. The van der Waals surface area contributed by atoms with E-state index in [1.165, 1.54) is 20.0 Å². The molecule has 2 atom stereocenters. The lowest BCUT2D eigenvalue weighted by atomic mass is 10.1. The van der Waals surface area contributed by atoms with E-state index in [0.717, 1.165) is 18.9 Å². The third-order valence-electron chi connectivity index (χ3n) is 3.52. The number of ether oxygens (including phenoxy) is 2. The number of methoxy groups -OCH3 is 1. The number of carbonyl (C=O) groups is 1. The maximum absolute atomic E-state index is 11.2. The summed E-state index contributed by atoms with van der Waals surface area (Å²) >= 11 is 0. The summed E-state index contributed by atoms with van der Waals surface area (Å²) in [7, 11) is 1.40. The minimum absolute atomic E-state index is 0.256. The van der Waals surface area contributed by atoms with Crippen molar-refractivity contribution in [3.8, 4) is 0 Å². The zero-order valence-corrected chi connectivity index (χ0v) is 10.6.